The van der Waals surface area contributed by atoms with Crippen LogP contribution in [0.2, 0.25) is 0 Å². The third kappa shape index (κ3) is 3.56. The molecule has 1 atom stereocenters. The lowest BCUT2D eigenvalue weighted by atomic mass is 10.2. The minimum atomic E-state index is -0.215. The molecule has 5 heteroatoms. The summed E-state index contributed by atoms with van der Waals surface area (Å²) in [6.07, 6.45) is -0.215. The minimum Gasteiger partial charge on any atom is -0.493 e. The van der Waals surface area contributed by atoms with E-state index in [9.17, 15) is 4.79 Å². The van der Waals surface area contributed by atoms with Crippen molar-refractivity contribution < 1.29 is 19.0 Å². The molecule has 1 N–H and O–H groups in total. The Bertz CT molecular complexity index is 686. The average Bonchev–Trinajstić information content (AvgIpc) is 2.60. The summed E-state index contributed by atoms with van der Waals surface area (Å²) in [5.41, 5.74) is 0.520. The molecule has 0 fully saturated rings. The van der Waals surface area contributed by atoms with Crippen molar-refractivity contribution in [3.05, 3.63) is 54.1 Å². The van der Waals surface area contributed by atoms with Gasteiger partial charge < -0.3 is 19.5 Å². The molecule has 2 aromatic rings. The molecule has 1 amide bonds. The first kappa shape index (κ1) is 15.2. The second kappa shape index (κ2) is 7.05. The summed E-state index contributed by atoms with van der Waals surface area (Å²) in [7, 11) is 0. The van der Waals surface area contributed by atoms with Gasteiger partial charge in [-0.1, -0.05) is 24.3 Å². The maximum atomic E-state index is 12.3. The highest BCUT2D eigenvalue weighted by Crippen LogP contribution is 2.30. The number of amides is 1. The third-order valence-corrected chi connectivity index (χ3v) is 3.49. The van der Waals surface area contributed by atoms with Gasteiger partial charge in [0.2, 0.25) is 0 Å². The van der Waals surface area contributed by atoms with Crippen molar-refractivity contribution in [2.24, 2.45) is 0 Å². The summed E-state index contributed by atoms with van der Waals surface area (Å²) in [4.78, 5) is 12.3. The standard InChI is InChI=1S/C18H19NO4/c1-2-21-15-8-4-3-7-14(15)18(20)19-11-13-12-22-16-9-5-6-10-17(16)23-13/h3-10,13H,2,11-12H2,1H3,(H,19,20)/t13-/m0/s1. The Hall–Kier alpha value is -2.69. The molecule has 0 saturated carbocycles. The molecule has 1 aliphatic heterocycles. The van der Waals surface area contributed by atoms with E-state index in [0.29, 0.717) is 36.8 Å². The van der Waals surface area contributed by atoms with Crippen molar-refractivity contribution in [2.75, 3.05) is 19.8 Å². The molecule has 1 heterocycles. The van der Waals surface area contributed by atoms with E-state index in [0.717, 1.165) is 5.75 Å². The van der Waals surface area contributed by atoms with Crippen LogP contribution in [-0.2, 0) is 0 Å². The fourth-order valence-electron chi connectivity index (χ4n) is 2.40. The van der Waals surface area contributed by atoms with Crippen molar-refractivity contribution in [3.8, 4) is 17.2 Å². The first-order valence-corrected chi connectivity index (χ1v) is 7.66. The van der Waals surface area contributed by atoms with Gasteiger partial charge in [0.1, 0.15) is 18.5 Å². The second-order valence-corrected chi connectivity index (χ2v) is 5.14. The van der Waals surface area contributed by atoms with E-state index >= 15 is 0 Å². The van der Waals surface area contributed by atoms with Gasteiger partial charge in [-0.05, 0) is 31.2 Å². The quantitative estimate of drug-likeness (QED) is 0.922. The Kier molecular flexibility index (Phi) is 4.66. The van der Waals surface area contributed by atoms with Gasteiger partial charge in [-0.2, -0.15) is 0 Å². The van der Waals surface area contributed by atoms with Crippen LogP contribution in [0.15, 0.2) is 48.5 Å². The highest BCUT2D eigenvalue weighted by Gasteiger charge is 2.21. The Labute approximate surface area is 135 Å². The molecule has 0 saturated heterocycles. The number of ether oxygens (including phenoxy) is 3. The van der Waals surface area contributed by atoms with Crippen LogP contribution in [0.4, 0.5) is 0 Å². The topological polar surface area (TPSA) is 56.8 Å². The number of carbonyl (C=O) groups is 1. The van der Waals surface area contributed by atoms with E-state index in [1.165, 1.54) is 0 Å². The molecule has 2 aromatic carbocycles. The Morgan fingerprint density at radius 1 is 1.17 bits per heavy atom. The average molecular weight is 313 g/mol. The first-order valence-electron chi connectivity index (χ1n) is 7.66. The van der Waals surface area contributed by atoms with Crippen LogP contribution in [0.25, 0.3) is 0 Å². The van der Waals surface area contributed by atoms with Gasteiger partial charge in [0.05, 0.1) is 18.7 Å². The maximum absolute atomic E-state index is 12.3. The summed E-state index contributed by atoms with van der Waals surface area (Å²) in [5, 5.41) is 2.87. The van der Waals surface area contributed by atoms with Gasteiger partial charge in [-0.15, -0.1) is 0 Å². The molecule has 0 aromatic heterocycles. The van der Waals surface area contributed by atoms with Crippen molar-refractivity contribution in [1.29, 1.82) is 0 Å². The number of hydrogen-bond donors (Lipinski definition) is 1. The van der Waals surface area contributed by atoms with Crippen LogP contribution in [0, 0.1) is 0 Å². The lowest BCUT2D eigenvalue weighted by molar-refractivity contribution is 0.0787. The zero-order valence-corrected chi connectivity index (χ0v) is 13.0. The van der Waals surface area contributed by atoms with Gasteiger partial charge >= 0.3 is 0 Å². The predicted molar refractivity (Wildman–Crippen MR) is 86.3 cm³/mol. The van der Waals surface area contributed by atoms with Gasteiger partial charge in [0.25, 0.3) is 5.91 Å². The SMILES string of the molecule is CCOc1ccccc1C(=O)NC[C@H]1COc2ccccc2O1. The fraction of sp³-hybridized carbons (Fsp3) is 0.278. The summed E-state index contributed by atoms with van der Waals surface area (Å²) < 4.78 is 16.9. The lowest BCUT2D eigenvalue weighted by Gasteiger charge is -2.26. The van der Waals surface area contributed by atoms with Gasteiger partial charge in [-0.3, -0.25) is 4.79 Å². The number of fused-ring (bicyclic) bond motifs is 1. The van der Waals surface area contributed by atoms with E-state index in [2.05, 4.69) is 5.32 Å². The van der Waals surface area contributed by atoms with Gasteiger partial charge in [-0.25, -0.2) is 0 Å². The van der Waals surface area contributed by atoms with Gasteiger partial charge in [0.15, 0.2) is 11.5 Å². The zero-order valence-electron chi connectivity index (χ0n) is 13.0. The number of hydrogen-bond acceptors (Lipinski definition) is 4. The van der Waals surface area contributed by atoms with Crippen molar-refractivity contribution >= 4 is 5.91 Å². The predicted octanol–water partition coefficient (Wildman–Crippen LogP) is 2.66. The Morgan fingerprint density at radius 2 is 1.91 bits per heavy atom. The molecule has 0 radical (unpaired) electrons. The number of carbonyl (C=O) groups excluding carboxylic acids is 1. The molecular formula is C18H19NO4. The number of rotatable bonds is 5. The molecule has 3 rings (SSSR count). The molecule has 1 aliphatic rings. The van der Waals surface area contributed by atoms with Crippen LogP contribution >= 0.6 is 0 Å². The van der Waals surface area contributed by atoms with E-state index in [1.54, 1.807) is 12.1 Å². The van der Waals surface area contributed by atoms with Crippen molar-refractivity contribution in [3.63, 3.8) is 0 Å². The minimum absolute atomic E-state index is 0.184. The van der Waals surface area contributed by atoms with Gasteiger partial charge in [0, 0.05) is 0 Å². The fourth-order valence-corrected chi connectivity index (χ4v) is 2.40. The molecule has 120 valence electrons. The van der Waals surface area contributed by atoms with Crippen molar-refractivity contribution in [1.82, 2.24) is 5.32 Å². The first-order chi connectivity index (χ1) is 11.3. The van der Waals surface area contributed by atoms with E-state index < -0.39 is 0 Å². The molecule has 0 bridgehead atoms. The largest absolute Gasteiger partial charge is 0.493 e. The number of nitrogens with one attached hydrogen (secondary N) is 1. The summed E-state index contributed by atoms with van der Waals surface area (Å²) in [6.45, 7) is 3.18. The number of para-hydroxylation sites is 3. The second-order valence-electron chi connectivity index (χ2n) is 5.14. The van der Waals surface area contributed by atoms with Crippen LogP contribution in [0.3, 0.4) is 0 Å². The zero-order chi connectivity index (χ0) is 16.1. The van der Waals surface area contributed by atoms with E-state index in [-0.39, 0.29) is 12.0 Å². The summed E-state index contributed by atoms with van der Waals surface area (Å²) in [6, 6.07) is 14.7. The highest BCUT2D eigenvalue weighted by molar-refractivity contribution is 5.96. The molecule has 23 heavy (non-hydrogen) atoms. The van der Waals surface area contributed by atoms with Crippen molar-refractivity contribution in [2.45, 2.75) is 13.0 Å². The normalized spacial score (nSPS) is 15.8. The summed E-state index contributed by atoms with van der Waals surface area (Å²) >= 11 is 0. The Balaban J connectivity index is 1.60. The molecular weight excluding hydrogens is 294 g/mol. The Morgan fingerprint density at radius 3 is 2.74 bits per heavy atom. The third-order valence-electron chi connectivity index (χ3n) is 3.49. The molecule has 5 nitrogen and oxygen atoms in total. The highest BCUT2D eigenvalue weighted by atomic mass is 16.6. The molecule has 0 spiro atoms. The van der Waals surface area contributed by atoms with Crippen LogP contribution in [-0.4, -0.2) is 31.8 Å². The maximum Gasteiger partial charge on any atom is 0.255 e. The monoisotopic (exact) mass is 313 g/mol. The summed E-state index contributed by atoms with van der Waals surface area (Å²) in [5.74, 6) is 1.83. The molecule has 0 aliphatic carbocycles. The lowest BCUT2D eigenvalue weighted by Crippen LogP contribution is -2.40. The molecule has 0 unspecified atom stereocenters. The van der Waals surface area contributed by atoms with Crippen LogP contribution in [0.1, 0.15) is 17.3 Å². The number of benzene rings is 2. The van der Waals surface area contributed by atoms with E-state index in [1.807, 2.05) is 43.3 Å². The van der Waals surface area contributed by atoms with E-state index in [4.69, 9.17) is 14.2 Å². The smallest absolute Gasteiger partial charge is 0.255 e. The van der Waals surface area contributed by atoms with Crippen LogP contribution < -0.4 is 19.5 Å². The van der Waals surface area contributed by atoms with Crippen LogP contribution in [0.5, 0.6) is 17.2 Å².